The van der Waals surface area contributed by atoms with Crippen LogP contribution in [0.4, 0.5) is 0 Å². The molecule has 0 saturated carbocycles. The van der Waals surface area contributed by atoms with Crippen LogP contribution in [-0.4, -0.2) is 48.5 Å². The molecule has 0 amide bonds. The summed E-state index contributed by atoms with van der Waals surface area (Å²) in [7, 11) is 1.45. The Morgan fingerprint density at radius 3 is 2.80 bits per heavy atom. The molecule has 0 aliphatic carbocycles. The van der Waals surface area contributed by atoms with E-state index >= 15 is 0 Å². The molecule has 3 aliphatic rings. The molecule has 0 radical (unpaired) electrons. The zero-order chi connectivity index (χ0) is 17.3. The first-order chi connectivity index (χ1) is 12.2. The third kappa shape index (κ3) is 3.37. The average Bonchev–Trinajstić information content (AvgIpc) is 3.13. The highest BCUT2D eigenvalue weighted by Gasteiger charge is 2.48. The topological polar surface area (TPSA) is 38.8 Å². The van der Waals surface area contributed by atoms with E-state index in [1.807, 2.05) is 11.8 Å². The zero-order valence-corrected chi connectivity index (χ0v) is 15.5. The molecule has 4 nitrogen and oxygen atoms in total. The number of fused-ring (bicyclic) bond motifs is 1. The van der Waals surface area contributed by atoms with Gasteiger partial charge in [-0.1, -0.05) is 30.3 Å². The number of ether oxygens (including phenoxy) is 2. The van der Waals surface area contributed by atoms with Crippen molar-refractivity contribution in [3.8, 4) is 0 Å². The smallest absolute Gasteiger partial charge is 0.335 e. The molecule has 1 aromatic rings. The largest absolute Gasteiger partial charge is 0.467 e. The fraction of sp³-hybridized carbons (Fsp3) is 0.550. The van der Waals surface area contributed by atoms with Gasteiger partial charge in [0.25, 0.3) is 0 Å². The van der Waals surface area contributed by atoms with E-state index in [9.17, 15) is 4.79 Å². The second-order valence-corrected chi connectivity index (χ2v) is 8.28. The molecule has 3 aliphatic heterocycles. The Morgan fingerprint density at radius 2 is 2.08 bits per heavy atom. The first kappa shape index (κ1) is 17.1. The molecule has 0 N–H and O–H groups in total. The molecule has 0 aromatic heterocycles. The number of carbonyl (C=O) groups is 1. The van der Waals surface area contributed by atoms with Crippen molar-refractivity contribution in [2.45, 2.75) is 43.9 Å². The van der Waals surface area contributed by atoms with Gasteiger partial charge in [-0.25, -0.2) is 4.79 Å². The monoisotopic (exact) mass is 359 g/mol. The second kappa shape index (κ2) is 7.14. The number of esters is 1. The minimum absolute atomic E-state index is 0.231. The van der Waals surface area contributed by atoms with Crippen LogP contribution in [-0.2, 0) is 20.8 Å². The van der Waals surface area contributed by atoms with Gasteiger partial charge in [-0.15, -0.1) is 11.8 Å². The Hall–Kier alpha value is -1.30. The van der Waals surface area contributed by atoms with Gasteiger partial charge < -0.3 is 9.47 Å². The molecule has 4 rings (SSSR count). The number of piperidine rings is 1. The van der Waals surface area contributed by atoms with Crippen molar-refractivity contribution in [3.63, 3.8) is 0 Å². The summed E-state index contributed by atoms with van der Waals surface area (Å²) in [6.07, 6.45) is 3.30. The van der Waals surface area contributed by atoms with Gasteiger partial charge in [-0.3, -0.25) is 4.90 Å². The number of likely N-dealkylation sites (tertiary alicyclic amines) is 1. The third-order valence-corrected chi connectivity index (χ3v) is 6.80. The SMILES string of the molecule is COC(=O)C1CC2=C(CCS2)C2(CCN(Cc3ccccc3)CC2)O1. The van der Waals surface area contributed by atoms with Crippen LogP contribution in [0.2, 0.25) is 0 Å². The van der Waals surface area contributed by atoms with E-state index in [4.69, 9.17) is 9.47 Å². The van der Waals surface area contributed by atoms with Gasteiger partial charge in [0.15, 0.2) is 6.10 Å². The van der Waals surface area contributed by atoms with Crippen molar-refractivity contribution < 1.29 is 14.3 Å². The third-order valence-electron chi connectivity index (χ3n) is 5.63. The summed E-state index contributed by atoms with van der Waals surface area (Å²) in [4.78, 5) is 16.0. The maximum absolute atomic E-state index is 12.1. The van der Waals surface area contributed by atoms with E-state index < -0.39 is 6.10 Å². The summed E-state index contributed by atoms with van der Waals surface area (Å²) in [6.45, 7) is 2.99. The first-order valence-electron chi connectivity index (χ1n) is 9.07. The van der Waals surface area contributed by atoms with Crippen molar-refractivity contribution in [1.29, 1.82) is 0 Å². The predicted molar refractivity (Wildman–Crippen MR) is 99.3 cm³/mol. The van der Waals surface area contributed by atoms with E-state index in [-0.39, 0.29) is 11.6 Å². The molecule has 0 bridgehead atoms. The number of carbonyl (C=O) groups excluding carboxylic acids is 1. The molecule has 5 heteroatoms. The van der Waals surface area contributed by atoms with E-state index in [0.29, 0.717) is 6.42 Å². The normalized spacial score (nSPS) is 25.9. The number of thioether (sulfide) groups is 1. The molecule has 1 fully saturated rings. The van der Waals surface area contributed by atoms with E-state index in [2.05, 4.69) is 35.2 Å². The Labute approximate surface area is 153 Å². The van der Waals surface area contributed by atoms with Crippen molar-refractivity contribution in [1.82, 2.24) is 4.90 Å². The van der Waals surface area contributed by atoms with Crippen LogP contribution in [0.15, 0.2) is 40.8 Å². The lowest BCUT2D eigenvalue weighted by Gasteiger charge is -2.46. The molecule has 3 heterocycles. The molecule has 134 valence electrons. The van der Waals surface area contributed by atoms with Gasteiger partial charge in [-0.05, 0) is 35.3 Å². The Bertz CT molecular complexity index is 665. The lowest BCUT2D eigenvalue weighted by Crippen LogP contribution is -2.52. The fourth-order valence-electron chi connectivity index (χ4n) is 4.32. The predicted octanol–water partition coefficient (Wildman–Crippen LogP) is 3.37. The standard InChI is InChI=1S/C20H25NO3S/c1-23-19(22)17-13-18-16(7-12-25-18)20(24-17)8-10-21(11-9-20)14-15-5-3-2-4-6-15/h2-6,17H,7-14H2,1H3. The quantitative estimate of drug-likeness (QED) is 0.774. The molecule has 1 aromatic carbocycles. The summed E-state index contributed by atoms with van der Waals surface area (Å²) in [5.41, 5.74) is 2.58. The summed E-state index contributed by atoms with van der Waals surface area (Å²) >= 11 is 1.91. The van der Waals surface area contributed by atoms with Crippen LogP contribution >= 0.6 is 11.8 Å². The van der Waals surface area contributed by atoms with Crippen molar-refractivity contribution >= 4 is 17.7 Å². The minimum Gasteiger partial charge on any atom is -0.467 e. The minimum atomic E-state index is -0.435. The maximum atomic E-state index is 12.1. The summed E-state index contributed by atoms with van der Waals surface area (Å²) in [5, 5.41) is 0. The molecule has 1 unspecified atom stereocenters. The van der Waals surface area contributed by atoms with Gasteiger partial charge in [0.2, 0.25) is 0 Å². The highest BCUT2D eigenvalue weighted by atomic mass is 32.2. The highest BCUT2D eigenvalue weighted by Crippen LogP contribution is 2.50. The number of methoxy groups -OCH3 is 1. The van der Waals surface area contributed by atoms with Crippen LogP contribution in [0.1, 0.15) is 31.2 Å². The summed E-state index contributed by atoms with van der Waals surface area (Å²) < 4.78 is 11.4. The van der Waals surface area contributed by atoms with Crippen LogP contribution < -0.4 is 0 Å². The van der Waals surface area contributed by atoms with Gasteiger partial charge >= 0.3 is 5.97 Å². The van der Waals surface area contributed by atoms with Crippen LogP contribution in [0.3, 0.4) is 0 Å². The molecule has 1 saturated heterocycles. The first-order valence-corrected chi connectivity index (χ1v) is 10.1. The van der Waals surface area contributed by atoms with Gasteiger partial charge in [0, 0.05) is 31.8 Å². The fourth-order valence-corrected chi connectivity index (χ4v) is 5.60. The zero-order valence-electron chi connectivity index (χ0n) is 14.7. The molecular formula is C20H25NO3S. The highest BCUT2D eigenvalue weighted by molar-refractivity contribution is 8.03. The second-order valence-electron chi connectivity index (χ2n) is 7.09. The van der Waals surface area contributed by atoms with Crippen LogP contribution in [0, 0.1) is 0 Å². The van der Waals surface area contributed by atoms with Crippen molar-refractivity contribution in [2.75, 3.05) is 26.0 Å². The van der Waals surface area contributed by atoms with Gasteiger partial charge in [0.05, 0.1) is 12.7 Å². The lowest BCUT2D eigenvalue weighted by atomic mass is 9.79. The van der Waals surface area contributed by atoms with Gasteiger partial charge in [0.1, 0.15) is 0 Å². The van der Waals surface area contributed by atoms with Gasteiger partial charge in [-0.2, -0.15) is 0 Å². The van der Waals surface area contributed by atoms with Crippen LogP contribution in [0.5, 0.6) is 0 Å². The number of benzene rings is 1. The lowest BCUT2D eigenvalue weighted by molar-refractivity contribution is -0.171. The van der Waals surface area contributed by atoms with E-state index in [1.165, 1.54) is 23.2 Å². The molecule has 1 atom stereocenters. The van der Waals surface area contributed by atoms with Crippen molar-refractivity contribution in [3.05, 3.63) is 46.4 Å². The number of nitrogens with zero attached hydrogens (tertiary/aromatic N) is 1. The Balaban J connectivity index is 1.48. The molecule has 1 spiro atoms. The molecular weight excluding hydrogens is 334 g/mol. The van der Waals surface area contributed by atoms with E-state index in [1.54, 1.807) is 0 Å². The number of rotatable bonds is 3. The number of hydrogen-bond donors (Lipinski definition) is 0. The molecule has 25 heavy (non-hydrogen) atoms. The number of hydrogen-bond acceptors (Lipinski definition) is 5. The Morgan fingerprint density at radius 1 is 1.32 bits per heavy atom. The summed E-state index contributed by atoms with van der Waals surface area (Å²) in [5.74, 6) is 0.891. The van der Waals surface area contributed by atoms with E-state index in [0.717, 1.165) is 44.6 Å². The average molecular weight is 359 g/mol. The van der Waals surface area contributed by atoms with Crippen LogP contribution in [0.25, 0.3) is 0 Å². The summed E-state index contributed by atoms with van der Waals surface area (Å²) in [6, 6.07) is 10.6. The Kier molecular flexibility index (Phi) is 4.89. The maximum Gasteiger partial charge on any atom is 0.335 e. The van der Waals surface area contributed by atoms with Crippen molar-refractivity contribution in [2.24, 2.45) is 0 Å².